The molecule has 2 fully saturated rings. The fraction of sp³-hybridized carbons (Fsp3) is 0.152. The quantitative estimate of drug-likeness (QED) is 0.280. The van der Waals surface area contributed by atoms with Crippen LogP contribution in [0.3, 0.4) is 0 Å². The zero-order valence-electron chi connectivity index (χ0n) is 23.7. The van der Waals surface area contributed by atoms with Crippen molar-refractivity contribution in [2.45, 2.75) is 24.5 Å². The third-order valence-corrected chi connectivity index (χ3v) is 15.9. The standard InChI is InChI=1S/C33H31N3O6Si2/c34-29-21-22-36(33(38)35-29)32-30(37)31-28(40-32)23-39-43(24-13-5-1-6-14-24,25-15-7-2-8-16-25)42-44(41-31,26-17-9-3-10-18-26)27-19-11-4-12-20-27/h1-22,28,30-32,37H,23H2,(H2,34,35,38). The molecule has 5 aromatic rings. The number of fused-ring (bicyclic) bond motifs is 1. The van der Waals surface area contributed by atoms with E-state index in [1.165, 1.54) is 16.8 Å². The Kier molecular flexibility index (Phi) is 7.60. The highest BCUT2D eigenvalue weighted by molar-refractivity contribution is 7.04. The Morgan fingerprint density at radius 2 is 1.20 bits per heavy atom. The average molecular weight is 622 g/mol. The molecule has 9 nitrogen and oxygen atoms in total. The smallest absolute Gasteiger partial charge is 0.399 e. The number of nitrogens with two attached hydrogens (primary N) is 1. The minimum Gasteiger partial charge on any atom is -0.401 e. The lowest BCUT2D eigenvalue weighted by atomic mass is 10.1. The zero-order valence-corrected chi connectivity index (χ0v) is 25.7. The Labute approximate surface area is 256 Å². The SMILES string of the molecule is Nc1ccn(C2OC3CO[Si](c4ccccc4)(c4ccccc4)O[Si](c4ccccc4)(c4ccccc4)OC3C2O)c(=O)n1. The maximum atomic E-state index is 12.9. The maximum absolute atomic E-state index is 12.9. The summed E-state index contributed by atoms with van der Waals surface area (Å²) >= 11 is 0. The molecular formula is C33H31N3O6Si2. The number of rotatable bonds is 5. The fourth-order valence-corrected chi connectivity index (χ4v) is 14.8. The van der Waals surface area contributed by atoms with Gasteiger partial charge in [0.05, 0.1) is 6.61 Å². The number of aliphatic hydroxyl groups excluding tert-OH is 1. The van der Waals surface area contributed by atoms with Crippen LogP contribution in [0.5, 0.6) is 0 Å². The van der Waals surface area contributed by atoms with Crippen LogP contribution in [0.25, 0.3) is 0 Å². The molecule has 3 N–H and O–H groups in total. The number of aliphatic hydroxyl groups is 1. The molecule has 2 saturated heterocycles. The Hall–Kier alpha value is -4.21. The summed E-state index contributed by atoms with van der Waals surface area (Å²) in [6.07, 6.45) is -2.47. The lowest BCUT2D eigenvalue weighted by Gasteiger charge is -2.45. The minimum atomic E-state index is -3.73. The number of anilines is 1. The Morgan fingerprint density at radius 3 is 1.68 bits per heavy atom. The van der Waals surface area contributed by atoms with Crippen molar-refractivity contribution in [1.82, 2.24) is 9.55 Å². The van der Waals surface area contributed by atoms with E-state index in [4.69, 9.17) is 23.4 Å². The van der Waals surface area contributed by atoms with Crippen LogP contribution in [0, 0.1) is 0 Å². The van der Waals surface area contributed by atoms with Gasteiger partial charge in [0.15, 0.2) is 6.23 Å². The first kappa shape index (κ1) is 28.6. The normalized spacial score (nSPS) is 24.1. The number of ether oxygens (including phenoxy) is 1. The third-order valence-electron chi connectivity index (χ3n) is 8.09. The summed E-state index contributed by atoms with van der Waals surface area (Å²) < 4.78 is 29.6. The van der Waals surface area contributed by atoms with Crippen molar-refractivity contribution in [3.8, 4) is 0 Å². The second-order valence-electron chi connectivity index (χ2n) is 10.8. The van der Waals surface area contributed by atoms with Gasteiger partial charge in [-0.3, -0.25) is 4.57 Å². The molecule has 11 heteroatoms. The number of aromatic nitrogens is 2. The van der Waals surface area contributed by atoms with Crippen LogP contribution in [0.4, 0.5) is 5.82 Å². The summed E-state index contributed by atoms with van der Waals surface area (Å²) in [6, 6.07) is 41.1. The van der Waals surface area contributed by atoms with E-state index < -0.39 is 47.4 Å². The molecule has 0 aliphatic carbocycles. The molecule has 7 rings (SSSR count). The molecule has 0 radical (unpaired) electrons. The van der Waals surface area contributed by atoms with Gasteiger partial charge in [-0.25, -0.2) is 4.79 Å². The number of benzene rings is 4. The van der Waals surface area contributed by atoms with E-state index in [2.05, 4.69) is 4.98 Å². The molecular weight excluding hydrogens is 591 g/mol. The summed E-state index contributed by atoms with van der Waals surface area (Å²) in [7, 11) is -7.27. The Bertz CT molecular complexity index is 1700. The van der Waals surface area contributed by atoms with Gasteiger partial charge in [-0.2, -0.15) is 4.98 Å². The predicted molar refractivity (Wildman–Crippen MR) is 171 cm³/mol. The average Bonchev–Trinajstić information content (AvgIpc) is 3.36. The number of nitrogen functional groups attached to an aromatic ring is 1. The number of hydrogen-bond acceptors (Lipinski definition) is 8. The Morgan fingerprint density at radius 1 is 0.727 bits per heavy atom. The molecule has 4 atom stereocenters. The maximum Gasteiger partial charge on any atom is 0.399 e. The van der Waals surface area contributed by atoms with Crippen molar-refractivity contribution in [3.63, 3.8) is 0 Å². The van der Waals surface area contributed by atoms with Crippen molar-refractivity contribution in [1.29, 1.82) is 0 Å². The molecule has 1 aromatic heterocycles. The molecule has 44 heavy (non-hydrogen) atoms. The molecule has 3 heterocycles. The van der Waals surface area contributed by atoms with Crippen molar-refractivity contribution in [3.05, 3.63) is 144 Å². The highest BCUT2D eigenvalue weighted by atomic mass is 28.5. The minimum absolute atomic E-state index is 0.0550. The van der Waals surface area contributed by atoms with Crippen LogP contribution in [-0.2, 0) is 17.7 Å². The first-order chi connectivity index (χ1) is 21.5. The monoisotopic (exact) mass is 621 g/mol. The van der Waals surface area contributed by atoms with Gasteiger partial charge in [0.25, 0.3) is 0 Å². The molecule has 0 bridgehead atoms. The van der Waals surface area contributed by atoms with Gasteiger partial charge in [-0.15, -0.1) is 0 Å². The number of hydrogen-bond donors (Lipinski definition) is 2. The summed E-state index contributed by atoms with van der Waals surface area (Å²) in [6.45, 7) is 0.0550. The van der Waals surface area contributed by atoms with E-state index in [0.29, 0.717) is 0 Å². The summed E-state index contributed by atoms with van der Waals surface area (Å²) in [5, 5.41) is 15.3. The first-order valence-electron chi connectivity index (χ1n) is 14.4. The number of nitrogens with zero attached hydrogens (tertiary/aromatic N) is 2. The summed E-state index contributed by atoms with van der Waals surface area (Å²) in [4.78, 5) is 16.7. The van der Waals surface area contributed by atoms with E-state index in [9.17, 15) is 9.90 Å². The van der Waals surface area contributed by atoms with E-state index in [-0.39, 0.29) is 12.4 Å². The van der Waals surface area contributed by atoms with Gasteiger partial charge in [0.2, 0.25) is 0 Å². The lowest BCUT2D eigenvalue weighted by Crippen LogP contribution is -2.77. The highest BCUT2D eigenvalue weighted by Gasteiger charge is 2.61. The van der Waals surface area contributed by atoms with E-state index in [1.807, 2.05) is 121 Å². The van der Waals surface area contributed by atoms with E-state index >= 15 is 0 Å². The van der Waals surface area contributed by atoms with Crippen LogP contribution in [0.15, 0.2) is 138 Å². The van der Waals surface area contributed by atoms with Gasteiger partial charge in [-0.1, -0.05) is 121 Å². The van der Waals surface area contributed by atoms with Crippen LogP contribution >= 0.6 is 0 Å². The van der Waals surface area contributed by atoms with E-state index in [0.717, 1.165) is 20.7 Å². The molecule has 2 aliphatic heterocycles. The predicted octanol–water partition coefficient (Wildman–Crippen LogP) is 1.03. The molecule has 0 saturated carbocycles. The van der Waals surface area contributed by atoms with Gasteiger partial charge in [-0.05, 0) is 26.8 Å². The zero-order chi connectivity index (χ0) is 30.1. The van der Waals surface area contributed by atoms with Gasteiger partial charge < -0.3 is 28.5 Å². The molecule has 0 spiro atoms. The molecule has 4 aromatic carbocycles. The largest absolute Gasteiger partial charge is 0.401 e. The van der Waals surface area contributed by atoms with Crippen molar-refractivity contribution < 1.29 is 22.8 Å². The van der Waals surface area contributed by atoms with Crippen LogP contribution in [0.1, 0.15) is 6.23 Å². The molecule has 222 valence electrons. The molecule has 0 amide bonds. The van der Waals surface area contributed by atoms with Gasteiger partial charge in [0, 0.05) is 6.20 Å². The first-order valence-corrected chi connectivity index (χ1v) is 18.1. The third kappa shape index (κ3) is 4.94. The highest BCUT2D eigenvalue weighted by Crippen LogP contribution is 2.36. The van der Waals surface area contributed by atoms with Crippen LogP contribution in [-0.4, -0.2) is 56.7 Å². The molecule has 2 aliphatic rings. The van der Waals surface area contributed by atoms with Crippen LogP contribution < -0.4 is 32.2 Å². The Balaban J connectivity index is 1.46. The van der Waals surface area contributed by atoms with E-state index in [1.54, 1.807) is 0 Å². The van der Waals surface area contributed by atoms with Crippen LogP contribution in [0.2, 0.25) is 0 Å². The van der Waals surface area contributed by atoms with Crippen molar-refractivity contribution >= 4 is 43.7 Å². The second kappa shape index (κ2) is 11.7. The fourth-order valence-electron chi connectivity index (χ4n) is 6.00. The van der Waals surface area contributed by atoms with Crippen molar-refractivity contribution in [2.75, 3.05) is 12.3 Å². The molecule has 4 unspecified atom stereocenters. The lowest BCUT2D eigenvalue weighted by molar-refractivity contribution is -0.0559. The van der Waals surface area contributed by atoms with Gasteiger partial charge in [0.1, 0.15) is 24.1 Å². The van der Waals surface area contributed by atoms with Gasteiger partial charge >= 0.3 is 22.8 Å². The summed E-state index contributed by atoms with van der Waals surface area (Å²) in [5.74, 6) is 0.0822. The van der Waals surface area contributed by atoms with Crippen molar-refractivity contribution in [2.24, 2.45) is 0 Å². The topological polar surface area (TPSA) is 118 Å². The summed E-state index contributed by atoms with van der Waals surface area (Å²) in [5.41, 5.74) is 5.11. The second-order valence-corrected chi connectivity index (χ2v) is 16.9.